The van der Waals surface area contributed by atoms with E-state index < -0.39 is 16.6 Å². The molecule has 100 heavy (non-hydrogen) atoms. The molecule has 0 aliphatic heterocycles. The molecule has 23 heteroatoms. The Morgan fingerprint density at radius 3 is 1.23 bits per heavy atom. The zero-order chi connectivity index (χ0) is 70.2. The van der Waals surface area contributed by atoms with Gasteiger partial charge in [-0.2, -0.15) is 0 Å². The van der Waals surface area contributed by atoms with Gasteiger partial charge in [-0.25, -0.2) is 44.9 Å². The number of nitrogens with zero attached hydrogens (tertiary/aromatic N) is 14. The topological polar surface area (TPSA) is 312 Å². The van der Waals surface area contributed by atoms with Crippen LogP contribution < -0.4 is 33.2 Å². The molecule has 6 aromatic carbocycles. The molecule has 0 radical (unpaired) electrons. The summed E-state index contributed by atoms with van der Waals surface area (Å²) in [5, 5.41) is 9.48. The van der Waals surface area contributed by atoms with Crippen LogP contribution in [-0.4, -0.2) is 120 Å². The molecule has 13 aromatic rings. The second kappa shape index (κ2) is 27.1. The van der Waals surface area contributed by atoms with Crippen molar-refractivity contribution in [2.45, 2.75) is 84.3 Å². The molecular weight excluding hydrogens is 1250 g/mol. The maximum absolute atomic E-state index is 14.9. The zero-order valence-corrected chi connectivity index (χ0v) is 57.3. The minimum Gasteiger partial charge on any atom is -0.368 e. The fraction of sp³-hybridized carbons (Fsp3) is 0.234. The van der Waals surface area contributed by atoms with Crippen molar-refractivity contribution >= 4 is 74.4 Å². The highest BCUT2D eigenvalue weighted by Gasteiger charge is 2.33. The normalized spacial score (nSPS) is 12.0. The van der Waals surface area contributed by atoms with Crippen LogP contribution in [0.25, 0.3) is 101 Å². The summed E-state index contributed by atoms with van der Waals surface area (Å²) in [6.07, 6.45) is 13.4. The van der Waals surface area contributed by atoms with Gasteiger partial charge in [-0.05, 0) is 159 Å². The van der Waals surface area contributed by atoms with Gasteiger partial charge in [0.05, 0.1) is 61.7 Å². The van der Waals surface area contributed by atoms with E-state index >= 15 is 0 Å². The van der Waals surface area contributed by atoms with E-state index in [9.17, 15) is 14.4 Å². The van der Waals surface area contributed by atoms with Crippen LogP contribution in [0.1, 0.15) is 98.1 Å². The van der Waals surface area contributed by atoms with Gasteiger partial charge in [0, 0.05) is 119 Å². The lowest BCUT2D eigenvalue weighted by Gasteiger charge is -2.30. The molecule has 0 unspecified atom stereocenters. The first-order valence-electron chi connectivity index (χ1n) is 33.1. The van der Waals surface area contributed by atoms with Crippen LogP contribution in [0.15, 0.2) is 183 Å². The predicted molar refractivity (Wildman–Crippen MR) is 394 cm³/mol. The largest absolute Gasteiger partial charge is 0.368 e. The number of nitrogens with two attached hydrogens (primary N) is 3. The summed E-state index contributed by atoms with van der Waals surface area (Å²) in [4.78, 5) is 91.5. The molecule has 0 saturated heterocycles. The van der Waals surface area contributed by atoms with Gasteiger partial charge in [0.15, 0.2) is 0 Å². The molecule has 504 valence electrons. The average molecular weight is 1330 g/mol. The number of fused-ring (bicyclic) bond motifs is 3. The molecule has 0 saturated carbocycles. The Morgan fingerprint density at radius 1 is 0.430 bits per heavy atom. The van der Waals surface area contributed by atoms with E-state index in [2.05, 4.69) is 108 Å². The minimum absolute atomic E-state index is 0.167. The average Bonchev–Trinajstić information content (AvgIpc) is 1.60. The molecular formula is C77H78N20O3. The number of amides is 3. The maximum atomic E-state index is 14.9. The molecule has 13 rings (SSSR count). The summed E-state index contributed by atoms with van der Waals surface area (Å²) < 4.78 is 6.55. The lowest BCUT2D eigenvalue weighted by Crippen LogP contribution is -2.32. The molecule has 0 fully saturated rings. The number of aromatic nitrogens is 13. The summed E-state index contributed by atoms with van der Waals surface area (Å²) >= 11 is 0. The predicted octanol–water partition coefficient (Wildman–Crippen LogP) is 12.5. The van der Waals surface area contributed by atoms with Crippen molar-refractivity contribution in [1.29, 1.82) is 0 Å². The molecule has 0 bridgehead atoms. The van der Waals surface area contributed by atoms with Gasteiger partial charge in [0.1, 0.15) is 17.5 Å². The summed E-state index contributed by atoms with van der Waals surface area (Å²) in [6.45, 7) is 16.4. The van der Waals surface area contributed by atoms with Gasteiger partial charge in [0.2, 0.25) is 17.8 Å². The van der Waals surface area contributed by atoms with Crippen LogP contribution in [0.5, 0.6) is 0 Å². The van der Waals surface area contributed by atoms with Gasteiger partial charge in [0.25, 0.3) is 17.7 Å². The number of imidazole rings is 3. The third-order valence-corrected chi connectivity index (χ3v) is 17.9. The molecule has 3 amide bonds. The molecule has 9 N–H and O–H groups in total. The van der Waals surface area contributed by atoms with E-state index in [-0.39, 0.29) is 35.6 Å². The van der Waals surface area contributed by atoms with Crippen molar-refractivity contribution in [2.75, 3.05) is 56.2 Å². The van der Waals surface area contributed by atoms with Crippen LogP contribution in [-0.2, 0) is 23.0 Å². The van der Waals surface area contributed by atoms with Crippen molar-refractivity contribution < 1.29 is 14.4 Å². The molecule has 0 aliphatic rings. The van der Waals surface area contributed by atoms with E-state index in [1.807, 2.05) is 152 Å². The van der Waals surface area contributed by atoms with Crippen molar-refractivity contribution in [1.82, 2.24) is 79.1 Å². The van der Waals surface area contributed by atoms with E-state index in [0.29, 0.717) is 101 Å². The van der Waals surface area contributed by atoms with Crippen molar-refractivity contribution in [3.63, 3.8) is 0 Å². The van der Waals surface area contributed by atoms with E-state index in [0.717, 1.165) is 66.7 Å². The molecule has 0 atom stereocenters. The van der Waals surface area contributed by atoms with Crippen LogP contribution in [0, 0.1) is 0 Å². The third kappa shape index (κ3) is 13.7. The quantitative estimate of drug-likeness (QED) is 0.0364. The number of carbonyl (C=O) groups is 3. The number of nitrogen functional groups attached to an aromatic ring is 3. The van der Waals surface area contributed by atoms with Crippen LogP contribution in [0.3, 0.4) is 0 Å². The zero-order valence-electron chi connectivity index (χ0n) is 57.3. The van der Waals surface area contributed by atoms with Crippen LogP contribution >= 0.6 is 0 Å². The van der Waals surface area contributed by atoms with Crippen LogP contribution in [0.4, 0.5) is 23.5 Å². The second-order valence-corrected chi connectivity index (χ2v) is 27.4. The number of hydrogen-bond acceptors (Lipinski definition) is 17. The Morgan fingerprint density at radius 2 is 0.820 bits per heavy atom. The highest BCUT2D eigenvalue weighted by molar-refractivity contribution is 6.09. The van der Waals surface area contributed by atoms with Gasteiger partial charge < -0.3 is 51.8 Å². The Bertz CT molecular complexity index is 5220. The highest BCUT2D eigenvalue weighted by Crippen LogP contribution is 2.41. The number of hydrogen-bond donors (Lipinski definition) is 6. The number of rotatable bonds is 21. The third-order valence-electron chi connectivity index (χ3n) is 17.9. The first-order chi connectivity index (χ1) is 48.0. The summed E-state index contributed by atoms with van der Waals surface area (Å²) in [5.41, 5.74) is 30.2. The van der Waals surface area contributed by atoms with Crippen molar-refractivity contribution in [2.24, 2.45) is 0 Å². The summed E-state index contributed by atoms with van der Waals surface area (Å²) in [5.74, 6) is 1.62. The van der Waals surface area contributed by atoms with Crippen molar-refractivity contribution in [3.8, 4) is 67.5 Å². The minimum atomic E-state index is -0.719. The van der Waals surface area contributed by atoms with E-state index in [1.54, 1.807) is 49.4 Å². The Kier molecular flexibility index (Phi) is 18.0. The maximum Gasteiger partial charge on any atom is 0.256 e. The fourth-order valence-corrected chi connectivity index (χ4v) is 13.1. The van der Waals surface area contributed by atoms with E-state index in [1.165, 1.54) is 0 Å². The lowest BCUT2D eigenvalue weighted by molar-refractivity contribution is 0.0944. The van der Waals surface area contributed by atoms with Gasteiger partial charge >= 0.3 is 0 Å². The van der Waals surface area contributed by atoms with Gasteiger partial charge in [-0.15, -0.1) is 0 Å². The Labute approximate surface area is 578 Å². The number of likely N-dealkylation sites (N-methyl/N-ethyl adjacent to an activating group) is 1. The van der Waals surface area contributed by atoms with E-state index in [4.69, 9.17) is 37.1 Å². The smallest absolute Gasteiger partial charge is 0.256 e. The summed E-state index contributed by atoms with van der Waals surface area (Å²) in [6, 6.07) is 44.5. The molecule has 7 aromatic heterocycles. The first kappa shape index (κ1) is 66.5. The Balaban J connectivity index is 0.764. The monoisotopic (exact) mass is 1330 g/mol. The first-order valence-corrected chi connectivity index (χ1v) is 33.1. The summed E-state index contributed by atoms with van der Waals surface area (Å²) in [7, 11) is 3.93. The highest BCUT2D eigenvalue weighted by atomic mass is 16.2. The van der Waals surface area contributed by atoms with Crippen LogP contribution in [0.2, 0.25) is 0 Å². The number of pyridine rings is 1. The SMILES string of the molecule is CN(C)CCNC(=O)c1ccccc1-c1nc2cc(-c3cnc(N)nc3)ccc2n1C(C)(C)CCCNC(=O)c1ccccc1-c1nc2cc(-c3cnc(N)nc3)ccc2n1C(C)(C)Cc1ccc(NC(=O)c2ccccc2-c2nc3cc(-c4cnc(N)nc4)ccc3n2C(C)(C)C)cn1. The molecule has 23 nitrogen and oxygen atoms in total. The van der Waals surface area contributed by atoms with Gasteiger partial charge in [-0.3, -0.25) is 19.4 Å². The number of anilines is 4. The molecule has 0 aliphatic carbocycles. The second-order valence-electron chi connectivity index (χ2n) is 27.4. The van der Waals surface area contributed by atoms with Crippen molar-refractivity contribution in [3.05, 3.63) is 205 Å². The number of nitrogens with one attached hydrogen (secondary N) is 3. The Hall–Kier alpha value is -12.1. The standard InChI is InChI=1S/C77H78N20O3/c1-75(2,3)95-63-28-23-46(49-39-84-72(78)85-40-49)35-60(63)91-66(95)56-19-12-15-22-59(56)71(100)90-53-27-26-52(83-45-53)38-77(6,7)97-65-30-25-48(51-43-88-74(80)89-44-51)37-62(65)93-68(97)55-18-11-13-20-57(55)69(98)81-32-16-31-76(4,5)96-64-29-24-47(50-41-86-73(79)87-42-50)36-61(64)92-67(96)54-17-10-14-21-58(54)70(99)82-33-34-94(8)9/h10-15,17-30,35-37,39-45H,16,31-34,38H2,1-9H3,(H,81,98)(H,82,99)(H,90,100)(H2,78,84,85)(H2,79,86,87)(H2,80,88,89). The number of benzene rings is 6. The van der Waals surface area contributed by atoms with Gasteiger partial charge in [-0.1, -0.05) is 72.8 Å². The molecule has 7 heterocycles. The number of carbonyl (C=O) groups excluding carboxylic acids is 3. The molecule has 0 spiro atoms. The fourth-order valence-electron chi connectivity index (χ4n) is 13.1. The lowest BCUT2D eigenvalue weighted by atomic mass is 9.95.